The molecule has 506 valence electrons. The first-order chi connectivity index (χ1) is 42.5. The van der Waals surface area contributed by atoms with E-state index in [4.69, 9.17) is 9.05 Å². The van der Waals surface area contributed by atoms with Gasteiger partial charge in [-0.05, 0) is 77.0 Å². The Labute approximate surface area is 540 Å². The third-order valence-corrected chi connectivity index (χ3v) is 17.6. The molecule has 0 saturated carbocycles. The summed E-state index contributed by atoms with van der Waals surface area (Å²) < 4.78 is 23.6. The third-order valence-electron chi connectivity index (χ3n) is 16.6. The number of rotatable bonds is 68. The molecule has 0 aliphatic carbocycles. The Morgan fingerprint density at radius 2 is 0.701 bits per heavy atom. The lowest BCUT2D eigenvalue weighted by atomic mass is 10.0. The molecule has 0 heterocycles. The van der Waals surface area contributed by atoms with Crippen LogP contribution in [0.2, 0.25) is 0 Å². The van der Waals surface area contributed by atoms with E-state index >= 15 is 0 Å². The van der Waals surface area contributed by atoms with Crippen molar-refractivity contribution in [2.45, 2.75) is 353 Å². The second kappa shape index (κ2) is 67.8. The Kier molecular flexibility index (Phi) is 65.8. The van der Waals surface area contributed by atoms with Crippen molar-refractivity contribution in [1.82, 2.24) is 5.32 Å². The maximum atomic E-state index is 13.1. The number of phosphoric acid groups is 1. The molecule has 0 aromatic rings. The van der Waals surface area contributed by atoms with Crippen molar-refractivity contribution in [2.24, 2.45) is 0 Å². The van der Waals surface area contributed by atoms with Crippen LogP contribution >= 0.6 is 7.82 Å². The first-order valence-corrected chi connectivity index (χ1v) is 38.5. The van der Waals surface area contributed by atoms with E-state index in [1.807, 2.05) is 21.1 Å². The van der Waals surface area contributed by atoms with Gasteiger partial charge in [0.05, 0.1) is 39.9 Å². The molecule has 1 amide bonds. The Hall–Kier alpha value is -2.58. The van der Waals surface area contributed by atoms with Crippen LogP contribution in [0.25, 0.3) is 0 Å². The lowest BCUT2D eigenvalue weighted by Crippen LogP contribution is -2.46. The van der Waals surface area contributed by atoms with Gasteiger partial charge < -0.3 is 28.8 Å². The minimum atomic E-state index is -4.59. The Balaban J connectivity index is 4.06. The van der Waals surface area contributed by atoms with Crippen LogP contribution in [0.1, 0.15) is 341 Å². The van der Waals surface area contributed by atoms with Gasteiger partial charge in [0.25, 0.3) is 7.82 Å². The predicted molar refractivity (Wildman–Crippen MR) is 380 cm³/mol. The number of aliphatic hydroxyl groups is 1. The normalized spacial score (nSPS) is 14.1. The molecule has 0 rings (SSSR count). The van der Waals surface area contributed by atoms with E-state index in [9.17, 15) is 19.4 Å². The summed E-state index contributed by atoms with van der Waals surface area (Å²) in [6.07, 6.45) is 97.8. The van der Waals surface area contributed by atoms with Gasteiger partial charge >= 0.3 is 0 Å². The Morgan fingerprint density at radius 3 is 1.02 bits per heavy atom. The molecule has 0 spiro atoms. The van der Waals surface area contributed by atoms with Gasteiger partial charge in [-0.25, -0.2) is 0 Å². The average molecular weight is 1240 g/mol. The third kappa shape index (κ3) is 70.7. The van der Waals surface area contributed by atoms with E-state index in [1.165, 1.54) is 218 Å². The van der Waals surface area contributed by atoms with Crippen LogP contribution in [0.3, 0.4) is 0 Å². The number of carbonyl (C=O) groups is 1. The molecule has 0 aromatic heterocycles. The molecule has 9 heteroatoms. The standard InChI is InChI=1S/C78H143N2O6P/c1-6-8-10-12-14-16-18-20-22-24-26-28-30-32-34-36-38-40-42-44-46-48-50-52-54-56-58-60-62-64-66-68-70-72-78(82)79-76(75-86-87(83,84)85-74-73-80(3,4)5)77(81)71-69-67-65-63-61-59-57-55-53-51-49-47-45-43-41-39-37-35-33-31-29-27-25-23-21-19-17-15-13-11-9-7-2/h8,10,14,16,20,22,26,28,32,34,38,40,44,46,50,52,76-77,81H,6-7,9,11-13,15,17-19,21,23-25,27,29-31,33,35-37,39,41-43,45,47-49,51,53-75H2,1-5H3,(H-,79,82,83,84)/b10-8-,16-14-,22-20-,28-26-,34-32-,40-38-,46-44-,52-50-. The first-order valence-electron chi connectivity index (χ1n) is 37.1. The Bertz CT molecular complexity index is 1740. The molecule has 2 N–H and O–H groups in total. The van der Waals surface area contributed by atoms with Gasteiger partial charge in [-0.1, -0.05) is 355 Å². The number of amides is 1. The molecule has 0 fully saturated rings. The number of unbranched alkanes of at least 4 members (excludes halogenated alkanes) is 39. The molecular formula is C78H143N2O6P. The number of nitrogens with one attached hydrogen (secondary N) is 1. The van der Waals surface area contributed by atoms with Crippen LogP contribution < -0.4 is 10.2 Å². The van der Waals surface area contributed by atoms with Crippen LogP contribution in [-0.4, -0.2) is 68.5 Å². The summed E-state index contributed by atoms with van der Waals surface area (Å²) in [5, 5.41) is 14.1. The van der Waals surface area contributed by atoms with Gasteiger partial charge in [0.2, 0.25) is 5.91 Å². The second-order valence-corrected chi connectivity index (χ2v) is 27.7. The zero-order valence-corrected chi connectivity index (χ0v) is 58.9. The zero-order chi connectivity index (χ0) is 63.4. The highest BCUT2D eigenvalue weighted by Crippen LogP contribution is 2.38. The molecule has 0 saturated heterocycles. The highest BCUT2D eigenvalue weighted by Gasteiger charge is 2.24. The minimum Gasteiger partial charge on any atom is -0.756 e. The maximum absolute atomic E-state index is 13.1. The number of phosphoric ester groups is 1. The molecule has 3 unspecified atom stereocenters. The van der Waals surface area contributed by atoms with Crippen molar-refractivity contribution in [3.63, 3.8) is 0 Å². The van der Waals surface area contributed by atoms with E-state index in [2.05, 4.69) is 116 Å². The smallest absolute Gasteiger partial charge is 0.268 e. The van der Waals surface area contributed by atoms with Crippen molar-refractivity contribution in [3.05, 3.63) is 97.2 Å². The summed E-state index contributed by atoms with van der Waals surface area (Å²) >= 11 is 0. The van der Waals surface area contributed by atoms with Crippen molar-refractivity contribution in [1.29, 1.82) is 0 Å². The summed E-state index contributed by atoms with van der Waals surface area (Å²) in [5.74, 6) is -0.172. The number of hydrogen-bond acceptors (Lipinski definition) is 6. The molecule has 0 aliphatic heterocycles. The summed E-state index contributed by atoms with van der Waals surface area (Å²) in [6.45, 7) is 4.64. The van der Waals surface area contributed by atoms with Crippen LogP contribution in [0.4, 0.5) is 0 Å². The first kappa shape index (κ1) is 84.4. The highest BCUT2D eigenvalue weighted by molar-refractivity contribution is 7.45. The van der Waals surface area contributed by atoms with Crippen molar-refractivity contribution >= 4 is 13.7 Å². The molecule has 0 radical (unpaired) electrons. The largest absolute Gasteiger partial charge is 0.756 e. The summed E-state index contributed by atoms with van der Waals surface area (Å²) in [5.41, 5.74) is 0. The van der Waals surface area contributed by atoms with Gasteiger partial charge in [0.1, 0.15) is 13.2 Å². The van der Waals surface area contributed by atoms with Gasteiger partial charge in [-0.3, -0.25) is 9.36 Å². The lowest BCUT2D eigenvalue weighted by Gasteiger charge is -2.30. The minimum absolute atomic E-state index is 0.00659. The Morgan fingerprint density at radius 1 is 0.414 bits per heavy atom. The fraction of sp³-hybridized carbons (Fsp3) is 0.782. The fourth-order valence-electron chi connectivity index (χ4n) is 10.9. The van der Waals surface area contributed by atoms with E-state index in [0.717, 1.165) is 96.3 Å². The quantitative estimate of drug-likeness (QED) is 0.0272. The zero-order valence-electron chi connectivity index (χ0n) is 58.0. The molecule has 0 aliphatic rings. The summed E-state index contributed by atoms with van der Waals surface area (Å²) in [7, 11) is 1.30. The van der Waals surface area contributed by atoms with E-state index in [0.29, 0.717) is 23.9 Å². The van der Waals surface area contributed by atoms with Gasteiger partial charge in [0.15, 0.2) is 0 Å². The van der Waals surface area contributed by atoms with Gasteiger partial charge in [-0.15, -0.1) is 0 Å². The van der Waals surface area contributed by atoms with Crippen LogP contribution in [-0.2, 0) is 18.4 Å². The second-order valence-electron chi connectivity index (χ2n) is 26.3. The van der Waals surface area contributed by atoms with Crippen LogP contribution in [0, 0.1) is 0 Å². The van der Waals surface area contributed by atoms with E-state index in [-0.39, 0.29) is 19.1 Å². The highest BCUT2D eigenvalue weighted by atomic mass is 31.2. The average Bonchev–Trinajstić information content (AvgIpc) is 3.71. The molecule has 8 nitrogen and oxygen atoms in total. The molecule has 0 bridgehead atoms. The SMILES string of the molecule is CC/C=C\C/C=C\C/C=C\C/C=C\C/C=C\C/C=C\C/C=C\C/C=C\CCCCCCCCCCC(=O)NC(COP(=O)([O-])OCC[N+](C)(C)C)C(O)CCCCCCCCCCCCCCCCCCCCCCCCCCCCCCCCCC. The number of aliphatic hydroxyl groups excluding tert-OH is 1. The predicted octanol–water partition coefficient (Wildman–Crippen LogP) is 23.4. The van der Waals surface area contributed by atoms with Crippen molar-refractivity contribution in [3.8, 4) is 0 Å². The molecule has 87 heavy (non-hydrogen) atoms. The number of quaternary nitrogens is 1. The van der Waals surface area contributed by atoms with Gasteiger partial charge in [-0.2, -0.15) is 0 Å². The molecular weight excluding hydrogens is 1090 g/mol. The summed E-state index contributed by atoms with van der Waals surface area (Å²) in [4.78, 5) is 25.7. The number of hydrogen-bond donors (Lipinski definition) is 2. The van der Waals surface area contributed by atoms with Crippen molar-refractivity contribution < 1.29 is 32.9 Å². The maximum Gasteiger partial charge on any atom is 0.268 e. The molecule has 0 aromatic carbocycles. The monoisotopic (exact) mass is 1240 g/mol. The van der Waals surface area contributed by atoms with Crippen LogP contribution in [0.5, 0.6) is 0 Å². The summed E-state index contributed by atoms with van der Waals surface area (Å²) in [6, 6.07) is -0.814. The van der Waals surface area contributed by atoms with Gasteiger partial charge in [0, 0.05) is 6.42 Å². The molecule has 3 atom stereocenters. The topological polar surface area (TPSA) is 108 Å². The van der Waals surface area contributed by atoms with E-state index in [1.54, 1.807) is 0 Å². The number of nitrogens with zero attached hydrogens (tertiary/aromatic N) is 1. The number of allylic oxidation sites excluding steroid dienone is 16. The van der Waals surface area contributed by atoms with E-state index < -0.39 is 20.0 Å². The number of carbonyl (C=O) groups excluding carboxylic acids is 1. The number of likely N-dealkylation sites (N-methyl/N-ethyl adjacent to an activating group) is 1. The fourth-order valence-corrected chi connectivity index (χ4v) is 11.6. The van der Waals surface area contributed by atoms with Crippen LogP contribution in [0.15, 0.2) is 97.2 Å². The lowest BCUT2D eigenvalue weighted by molar-refractivity contribution is -0.870. The van der Waals surface area contributed by atoms with Crippen molar-refractivity contribution in [2.75, 3.05) is 40.9 Å².